The maximum atomic E-state index is 12.0. The van der Waals surface area contributed by atoms with Crippen LogP contribution in [0.5, 0.6) is 0 Å². The van der Waals surface area contributed by atoms with E-state index in [0.29, 0.717) is 17.8 Å². The number of hydrogen-bond acceptors (Lipinski definition) is 8. The molecule has 0 spiro atoms. The molecule has 3 N–H and O–H groups in total. The first-order valence-electron chi connectivity index (χ1n) is 9.15. The van der Waals surface area contributed by atoms with Crippen molar-refractivity contribution < 1.29 is 8.42 Å². The van der Waals surface area contributed by atoms with Crippen LogP contribution < -0.4 is 20.3 Å². The lowest BCUT2D eigenvalue weighted by Gasteiger charge is -2.18. The summed E-state index contributed by atoms with van der Waals surface area (Å²) in [6.07, 6.45) is 2.74. The number of nitrogens with zero attached hydrogens (tertiary/aromatic N) is 5. The normalized spacial score (nSPS) is 18.0. The van der Waals surface area contributed by atoms with Crippen LogP contribution in [0.2, 0.25) is 0 Å². The van der Waals surface area contributed by atoms with Crippen molar-refractivity contribution in [3.05, 3.63) is 6.20 Å². The zero-order valence-electron chi connectivity index (χ0n) is 16.2. The minimum absolute atomic E-state index is 0.0323. The standard InChI is InChI=1S/C16H28N8O2S/c1-11(2)22-27(25,26)8-6-18-15-14-13(9-19-23(14)4)20-16(21-15)24-7-5-12(10-24)17-3/h9,11-12,17,22H,5-8,10H2,1-4H3,(H,18,20,21)/t12-/m0/s1. The molecular weight excluding hydrogens is 368 g/mol. The number of nitrogens with one attached hydrogen (secondary N) is 3. The highest BCUT2D eigenvalue weighted by atomic mass is 32.2. The number of aryl methyl sites for hydroxylation is 1. The molecule has 0 radical (unpaired) electrons. The number of fused-ring (bicyclic) bond motifs is 1. The third-order valence-corrected chi connectivity index (χ3v) is 6.11. The van der Waals surface area contributed by atoms with E-state index in [1.807, 2.05) is 14.1 Å². The van der Waals surface area contributed by atoms with Gasteiger partial charge in [0.15, 0.2) is 5.82 Å². The van der Waals surface area contributed by atoms with Crippen LogP contribution in [0.25, 0.3) is 11.0 Å². The Hall–Kier alpha value is -1.98. The molecule has 0 aromatic carbocycles. The zero-order chi connectivity index (χ0) is 19.6. The average molecular weight is 397 g/mol. The molecule has 1 fully saturated rings. The Morgan fingerprint density at radius 3 is 2.78 bits per heavy atom. The molecule has 3 heterocycles. The summed E-state index contributed by atoms with van der Waals surface area (Å²) < 4.78 is 28.4. The average Bonchev–Trinajstić information content (AvgIpc) is 3.20. The van der Waals surface area contributed by atoms with Crippen molar-refractivity contribution in [2.24, 2.45) is 7.05 Å². The van der Waals surface area contributed by atoms with E-state index < -0.39 is 10.0 Å². The second-order valence-electron chi connectivity index (χ2n) is 7.11. The molecule has 0 unspecified atom stereocenters. The number of sulfonamides is 1. The molecule has 1 aliphatic rings. The van der Waals surface area contributed by atoms with Crippen LogP contribution in [-0.4, -0.2) is 72.7 Å². The van der Waals surface area contributed by atoms with Gasteiger partial charge in [-0.15, -0.1) is 0 Å². The summed E-state index contributed by atoms with van der Waals surface area (Å²) in [5.41, 5.74) is 1.50. The lowest BCUT2D eigenvalue weighted by Crippen LogP contribution is -2.34. The second-order valence-corrected chi connectivity index (χ2v) is 8.99. The lowest BCUT2D eigenvalue weighted by molar-refractivity contribution is 0.570. The van der Waals surface area contributed by atoms with Gasteiger partial charge in [0.1, 0.15) is 11.0 Å². The van der Waals surface area contributed by atoms with Gasteiger partial charge in [0.25, 0.3) is 0 Å². The molecule has 150 valence electrons. The third kappa shape index (κ3) is 4.66. The van der Waals surface area contributed by atoms with Crippen LogP contribution in [0.1, 0.15) is 20.3 Å². The van der Waals surface area contributed by atoms with E-state index in [4.69, 9.17) is 0 Å². The molecule has 1 aliphatic heterocycles. The van der Waals surface area contributed by atoms with Crippen molar-refractivity contribution in [1.29, 1.82) is 0 Å². The second kappa shape index (κ2) is 7.95. The van der Waals surface area contributed by atoms with Crippen LogP contribution >= 0.6 is 0 Å². The third-order valence-electron chi connectivity index (χ3n) is 4.53. The van der Waals surface area contributed by atoms with E-state index in [2.05, 4.69) is 35.3 Å². The van der Waals surface area contributed by atoms with Crippen molar-refractivity contribution in [3.63, 3.8) is 0 Å². The zero-order valence-corrected chi connectivity index (χ0v) is 17.0. The summed E-state index contributed by atoms with van der Waals surface area (Å²) in [7, 11) is 0.442. The number of likely N-dealkylation sites (N-methyl/N-ethyl adjacent to an activating group) is 1. The summed E-state index contributed by atoms with van der Waals surface area (Å²) in [6.45, 7) is 5.57. The molecule has 2 aromatic heterocycles. The molecule has 11 heteroatoms. The summed E-state index contributed by atoms with van der Waals surface area (Å²) in [6, 6.07) is 0.293. The highest BCUT2D eigenvalue weighted by Crippen LogP contribution is 2.25. The van der Waals surface area contributed by atoms with Crippen molar-refractivity contribution in [3.8, 4) is 0 Å². The van der Waals surface area contributed by atoms with Crippen LogP contribution in [-0.2, 0) is 17.1 Å². The monoisotopic (exact) mass is 396 g/mol. The highest BCUT2D eigenvalue weighted by molar-refractivity contribution is 7.89. The van der Waals surface area contributed by atoms with Crippen molar-refractivity contribution in [1.82, 2.24) is 29.8 Å². The van der Waals surface area contributed by atoms with E-state index in [9.17, 15) is 8.42 Å². The molecular formula is C16H28N8O2S. The predicted octanol–water partition coefficient (Wildman–Crippen LogP) is -0.0989. The van der Waals surface area contributed by atoms with Gasteiger partial charge in [0.2, 0.25) is 16.0 Å². The van der Waals surface area contributed by atoms with Gasteiger partial charge < -0.3 is 15.5 Å². The largest absolute Gasteiger partial charge is 0.367 e. The molecule has 10 nitrogen and oxygen atoms in total. The van der Waals surface area contributed by atoms with E-state index in [0.717, 1.165) is 30.5 Å². The predicted molar refractivity (Wildman–Crippen MR) is 107 cm³/mol. The number of hydrogen-bond donors (Lipinski definition) is 3. The Balaban J connectivity index is 1.80. The number of rotatable bonds is 8. The van der Waals surface area contributed by atoms with E-state index in [-0.39, 0.29) is 18.3 Å². The molecule has 1 atom stereocenters. The van der Waals surface area contributed by atoms with Gasteiger partial charge in [-0.1, -0.05) is 0 Å². The first-order valence-corrected chi connectivity index (χ1v) is 10.8. The van der Waals surface area contributed by atoms with Crippen LogP contribution in [0.3, 0.4) is 0 Å². The molecule has 0 saturated carbocycles. The molecule has 0 amide bonds. The Bertz CT molecular complexity index is 895. The van der Waals surface area contributed by atoms with E-state index in [1.54, 1.807) is 24.7 Å². The van der Waals surface area contributed by atoms with Gasteiger partial charge in [-0.3, -0.25) is 4.68 Å². The Labute approximate surface area is 159 Å². The van der Waals surface area contributed by atoms with Gasteiger partial charge in [0, 0.05) is 38.8 Å². The highest BCUT2D eigenvalue weighted by Gasteiger charge is 2.24. The van der Waals surface area contributed by atoms with Gasteiger partial charge in [-0.25, -0.2) is 18.1 Å². The van der Waals surface area contributed by atoms with E-state index >= 15 is 0 Å². The maximum Gasteiger partial charge on any atom is 0.228 e. The summed E-state index contributed by atoms with van der Waals surface area (Å²) in [4.78, 5) is 11.4. The fraction of sp³-hybridized carbons (Fsp3) is 0.688. The molecule has 27 heavy (non-hydrogen) atoms. The molecule has 3 rings (SSSR count). The SMILES string of the molecule is CN[C@H]1CCN(c2nc(NCCS(=O)(=O)NC(C)C)c3c(cnn3C)n2)C1. The molecule has 1 saturated heterocycles. The maximum absolute atomic E-state index is 12.0. The number of aromatic nitrogens is 4. The topological polar surface area (TPSA) is 117 Å². The minimum Gasteiger partial charge on any atom is -0.367 e. The van der Waals surface area contributed by atoms with E-state index in [1.165, 1.54) is 0 Å². The molecule has 2 aromatic rings. The molecule has 0 aliphatic carbocycles. The Morgan fingerprint density at radius 1 is 1.33 bits per heavy atom. The molecule has 0 bridgehead atoms. The van der Waals surface area contributed by atoms with Crippen LogP contribution in [0.4, 0.5) is 11.8 Å². The van der Waals surface area contributed by atoms with Crippen LogP contribution in [0, 0.1) is 0 Å². The fourth-order valence-corrected chi connectivity index (χ4v) is 4.44. The van der Waals surface area contributed by atoms with Crippen molar-refractivity contribution in [2.75, 3.05) is 42.7 Å². The summed E-state index contributed by atoms with van der Waals surface area (Å²) in [5, 5.41) is 10.7. The van der Waals surface area contributed by atoms with Crippen molar-refractivity contribution >= 4 is 32.8 Å². The fourth-order valence-electron chi connectivity index (χ4n) is 3.23. The minimum atomic E-state index is -3.33. The number of anilines is 2. The van der Waals surface area contributed by atoms with Gasteiger partial charge in [-0.2, -0.15) is 10.1 Å². The van der Waals surface area contributed by atoms with Gasteiger partial charge in [-0.05, 0) is 27.3 Å². The first-order chi connectivity index (χ1) is 12.8. The quantitative estimate of drug-likeness (QED) is 0.566. The van der Waals surface area contributed by atoms with Crippen molar-refractivity contribution in [2.45, 2.75) is 32.4 Å². The van der Waals surface area contributed by atoms with Gasteiger partial charge in [0.05, 0.1) is 11.9 Å². The lowest BCUT2D eigenvalue weighted by atomic mass is 10.3. The van der Waals surface area contributed by atoms with Crippen LogP contribution in [0.15, 0.2) is 6.20 Å². The first kappa shape index (κ1) is 19.8. The summed E-state index contributed by atoms with van der Waals surface area (Å²) >= 11 is 0. The Morgan fingerprint density at radius 2 is 2.11 bits per heavy atom. The Kier molecular flexibility index (Phi) is 5.82. The smallest absolute Gasteiger partial charge is 0.228 e. The van der Waals surface area contributed by atoms with Gasteiger partial charge >= 0.3 is 0 Å². The summed E-state index contributed by atoms with van der Waals surface area (Å²) in [5.74, 6) is 1.21.